The lowest BCUT2D eigenvalue weighted by Gasteiger charge is -2.36. The summed E-state index contributed by atoms with van der Waals surface area (Å²) in [6, 6.07) is 13.5. The lowest BCUT2D eigenvalue weighted by Crippen LogP contribution is -2.38. The molecule has 0 aliphatic carbocycles. The summed E-state index contributed by atoms with van der Waals surface area (Å²) >= 11 is 5.40. The molecule has 3 nitrogen and oxygen atoms in total. The first-order chi connectivity index (χ1) is 10.3. The second-order valence-electron chi connectivity index (χ2n) is 5.33. The molecule has 2 aromatic rings. The largest absolute Gasteiger partial charge is 0.353 e. The van der Waals surface area contributed by atoms with Crippen molar-refractivity contribution < 1.29 is 4.79 Å². The van der Waals surface area contributed by atoms with E-state index in [0.717, 1.165) is 41.6 Å². The van der Waals surface area contributed by atoms with Crippen LogP contribution in [0.1, 0.15) is 41.2 Å². The van der Waals surface area contributed by atoms with Gasteiger partial charge in [0.05, 0.1) is 6.04 Å². The first-order valence-corrected chi connectivity index (χ1v) is 7.72. The van der Waals surface area contributed by atoms with E-state index in [0.29, 0.717) is 0 Å². The van der Waals surface area contributed by atoms with Crippen LogP contribution in [0.3, 0.4) is 0 Å². The normalized spacial score (nSPS) is 18.5. The van der Waals surface area contributed by atoms with Gasteiger partial charge in [-0.25, -0.2) is 0 Å². The number of aromatic nitrogens is 1. The van der Waals surface area contributed by atoms with Crippen LogP contribution >= 0.6 is 12.2 Å². The number of pyridine rings is 1. The van der Waals surface area contributed by atoms with Crippen molar-refractivity contribution >= 4 is 18.1 Å². The molecule has 1 aromatic carbocycles. The zero-order valence-corrected chi connectivity index (χ0v) is 12.6. The van der Waals surface area contributed by atoms with Crippen LogP contribution in [-0.2, 0) is 0 Å². The summed E-state index contributed by atoms with van der Waals surface area (Å²) in [7, 11) is 0. The van der Waals surface area contributed by atoms with Gasteiger partial charge < -0.3 is 9.88 Å². The van der Waals surface area contributed by atoms with E-state index >= 15 is 0 Å². The number of aromatic amines is 1. The third-order valence-corrected chi connectivity index (χ3v) is 4.35. The molecule has 0 spiro atoms. The average Bonchev–Trinajstić information content (AvgIpc) is 2.55. The second kappa shape index (κ2) is 6.22. The molecule has 1 atom stereocenters. The molecule has 1 aliphatic rings. The summed E-state index contributed by atoms with van der Waals surface area (Å²) in [5.74, 6) is 0.0959. The van der Waals surface area contributed by atoms with Crippen molar-refractivity contribution in [2.24, 2.45) is 0 Å². The van der Waals surface area contributed by atoms with E-state index in [1.54, 1.807) is 0 Å². The van der Waals surface area contributed by atoms with Crippen molar-refractivity contribution in [2.75, 3.05) is 6.54 Å². The second-order valence-corrected chi connectivity index (χ2v) is 5.74. The smallest absolute Gasteiger partial charge is 0.254 e. The number of rotatable bonds is 2. The van der Waals surface area contributed by atoms with Crippen molar-refractivity contribution in [2.45, 2.75) is 25.3 Å². The Morgan fingerprint density at radius 3 is 2.71 bits per heavy atom. The van der Waals surface area contributed by atoms with Gasteiger partial charge in [-0.15, -0.1) is 0 Å². The molecule has 4 heteroatoms. The molecule has 1 fully saturated rings. The summed E-state index contributed by atoms with van der Waals surface area (Å²) in [5.41, 5.74) is 1.80. The Morgan fingerprint density at radius 1 is 1.14 bits per heavy atom. The molecule has 0 saturated carbocycles. The number of nitrogens with zero attached hydrogens (tertiary/aromatic N) is 1. The maximum atomic E-state index is 12.8. The van der Waals surface area contributed by atoms with Crippen LogP contribution in [0, 0.1) is 4.64 Å². The number of nitrogens with one attached hydrogen (secondary N) is 1. The van der Waals surface area contributed by atoms with Crippen molar-refractivity contribution in [1.82, 2.24) is 9.88 Å². The number of H-pyrrole nitrogens is 1. The van der Waals surface area contributed by atoms with E-state index in [2.05, 4.69) is 4.98 Å². The van der Waals surface area contributed by atoms with Gasteiger partial charge in [0.25, 0.3) is 5.91 Å². The highest BCUT2D eigenvalue weighted by Gasteiger charge is 2.29. The predicted octanol–water partition coefficient (Wildman–Crippen LogP) is 4.11. The number of hydrogen-bond donors (Lipinski definition) is 1. The van der Waals surface area contributed by atoms with Gasteiger partial charge >= 0.3 is 0 Å². The monoisotopic (exact) mass is 298 g/mol. The zero-order chi connectivity index (χ0) is 14.7. The van der Waals surface area contributed by atoms with Crippen LogP contribution in [0.4, 0.5) is 0 Å². The van der Waals surface area contributed by atoms with Crippen LogP contribution in [0.15, 0.2) is 48.7 Å². The van der Waals surface area contributed by atoms with E-state index in [-0.39, 0.29) is 11.9 Å². The minimum atomic E-state index is 0.0800. The summed E-state index contributed by atoms with van der Waals surface area (Å²) in [4.78, 5) is 17.8. The number of piperidine rings is 1. The molecule has 108 valence electrons. The molecule has 2 heterocycles. The Kier molecular flexibility index (Phi) is 4.15. The molecule has 1 saturated heterocycles. The van der Waals surface area contributed by atoms with Crippen molar-refractivity contribution in [3.8, 4) is 0 Å². The van der Waals surface area contributed by atoms with Crippen LogP contribution < -0.4 is 0 Å². The molecule has 1 amide bonds. The molecule has 1 N–H and O–H groups in total. The van der Waals surface area contributed by atoms with E-state index in [1.165, 1.54) is 0 Å². The predicted molar refractivity (Wildman–Crippen MR) is 85.7 cm³/mol. The van der Waals surface area contributed by atoms with Gasteiger partial charge in [-0.3, -0.25) is 4.79 Å². The van der Waals surface area contributed by atoms with Gasteiger partial charge in [0.2, 0.25) is 0 Å². The Morgan fingerprint density at radius 2 is 1.95 bits per heavy atom. The fourth-order valence-corrected chi connectivity index (χ4v) is 3.21. The van der Waals surface area contributed by atoms with Gasteiger partial charge in [-0.1, -0.05) is 36.5 Å². The number of benzene rings is 1. The lowest BCUT2D eigenvalue weighted by atomic mass is 9.95. The van der Waals surface area contributed by atoms with E-state index in [9.17, 15) is 4.79 Å². The molecule has 0 radical (unpaired) electrons. The Labute approximate surface area is 129 Å². The van der Waals surface area contributed by atoms with Gasteiger partial charge in [0.1, 0.15) is 4.64 Å². The zero-order valence-electron chi connectivity index (χ0n) is 11.8. The Hall–Kier alpha value is -1.94. The topological polar surface area (TPSA) is 36.1 Å². The number of hydrogen-bond acceptors (Lipinski definition) is 2. The summed E-state index contributed by atoms with van der Waals surface area (Å²) in [5, 5.41) is 0. The number of carbonyl (C=O) groups is 1. The first-order valence-electron chi connectivity index (χ1n) is 7.31. The van der Waals surface area contributed by atoms with Crippen molar-refractivity contribution in [3.63, 3.8) is 0 Å². The minimum absolute atomic E-state index is 0.0800. The highest BCUT2D eigenvalue weighted by Crippen LogP contribution is 2.32. The van der Waals surface area contributed by atoms with Gasteiger partial charge in [0, 0.05) is 23.9 Å². The average molecular weight is 298 g/mol. The molecular formula is C17H18N2OS. The summed E-state index contributed by atoms with van der Waals surface area (Å²) in [6.45, 7) is 0.794. The SMILES string of the molecule is O=C(c1ccccc1)N1CCCC[C@H]1c1ccc[nH]c1=S. The molecule has 21 heavy (non-hydrogen) atoms. The van der Waals surface area contributed by atoms with E-state index in [4.69, 9.17) is 12.2 Å². The first kappa shape index (κ1) is 14.0. The molecule has 1 aromatic heterocycles. The summed E-state index contributed by atoms with van der Waals surface area (Å²) < 4.78 is 0.732. The van der Waals surface area contributed by atoms with Crippen LogP contribution in [0.25, 0.3) is 0 Å². The summed E-state index contributed by atoms with van der Waals surface area (Å²) in [6.07, 6.45) is 4.99. The Balaban J connectivity index is 1.94. The van der Waals surface area contributed by atoms with Gasteiger partial charge in [0.15, 0.2) is 0 Å². The third kappa shape index (κ3) is 2.90. The number of carbonyl (C=O) groups excluding carboxylic acids is 1. The molecular weight excluding hydrogens is 280 g/mol. The van der Waals surface area contributed by atoms with E-state index in [1.807, 2.05) is 53.6 Å². The minimum Gasteiger partial charge on any atom is -0.353 e. The molecule has 0 unspecified atom stereocenters. The number of likely N-dealkylation sites (tertiary alicyclic amines) is 1. The maximum Gasteiger partial charge on any atom is 0.254 e. The fourth-order valence-electron chi connectivity index (χ4n) is 2.94. The Bertz CT molecular complexity index is 680. The highest BCUT2D eigenvalue weighted by atomic mass is 32.1. The molecule has 1 aliphatic heterocycles. The van der Waals surface area contributed by atoms with Gasteiger partial charge in [-0.2, -0.15) is 0 Å². The van der Waals surface area contributed by atoms with Crippen molar-refractivity contribution in [3.05, 3.63) is 64.4 Å². The van der Waals surface area contributed by atoms with Crippen LogP contribution in [0.2, 0.25) is 0 Å². The fraction of sp³-hybridized carbons (Fsp3) is 0.294. The van der Waals surface area contributed by atoms with Gasteiger partial charge in [-0.05, 0) is 37.5 Å². The maximum absolute atomic E-state index is 12.8. The van der Waals surface area contributed by atoms with Crippen LogP contribution in [0.5, 0.6) is 0 Å². The lowest BCUT2D eigenvalue weighted by molar-refractivity contribution is 0.0610. The standard InChI is InChI=1S/C17H18N2OS/c20-17(13-7-2-1-3-8-13)19-12-5-4-10-15(19)14-9-6-11-18-16(14)21/h1-3,6-9,11,15H,4-5,10,12H2,(H,18,21)/t15-/m0/s1. The number of amides is 1. The van der Waals surface area contributed by atoms with Crippen molar-refractivity contribution in [1.29, 1.82) is 0 Å². The third-order valence-electron chi connectivity index (χ3n) is 3.99. The quantitative estimate of drug-likeness (QED) is 0.847. The van der Waals surface area contributed by atoms with Crippen LogP contribution in [-0.4, -0.2) is 22.3 Å². The molecule has 0 bridgehead atoms. The van der Waals surface area contributed by atoms with E-state index < -0.39 is 0 Å². The highest BCUT2D eigenvalue weighted by molar-refractivity contribution is 7.71. The molecule has 3 rings (SSSR count).